The minimum absolute atomic E-state index is 0. The van der Waals surface area contributed by atoms with Crippen molar-refractivity contribution in [3.05, 3.63) is 28.8 Å². The SMILES string of the molecule is COc1cc(C(F)(F)F)cc(C(F)(F)F)c1[C@@H](N)CCF.Cl. The normalized spacial score (nSPS) is 13.5. The lowest BCUT2D eigenvalue weighted by atomic mass is 9.94. The largest absolute Gasteiger partial charge is 0.496 e. The molecule has 1 aromatic rings. The van der Waals surface area contributed by atoms with Crippen LogP contribution in [-0.2, 0) is 12.4 Å². The molecule has 0 fully saturated rings. The first-order valence-electron chi connectivity index (χ1n) is 5.70. The number of nitrogens with two attached hydrogens (primary N) is 1. The second-order valence-electron chi connectivity index (χ2n) is 4.22. The Balaban J connectivity index is 0.00000441. The van der Waals surface area contributed by atoms with Crippen LogP contribution in [0.2, 0.25) is 0 Å². The maximum absolute atomic E-state index is 13.0. The molecule has 22 heavy (non-hydrogen) atoms. The van der Waals surface area contributed by atoms with Crippen LogP contribution in [-0.4, -0.2) is 13.8 Å². The van der Waals surface area contributed by atoms with Gasteiger partial charge < -0.3 is 10.5 Å². The van der Waals surface area contributed by atoms with Crippen molar-refractivity contribution in [1.82, 2.24) is 0 Å². The van der Waals surface area contributed by atoms with E-state index in [-0.39, 0.29) is 18.5 Å². The summed E-state index contributed by atoms with van der Waals surface area (Å²) in [6.45, 7) is -1.01. The highest BCUT2D eigenvalue weighted by molar-refractivity contribution is 5.85. The fraction of sp³-hybridized carbons (Fsp3) is 0.500. The Morgan fingerprint density at radius 3 is 2.00 bits per heavy atom. The second-order valence-corrected chi connectivity index (χ2v) is 4.22. The summed E-state index contributed by atoms with van der Waals surface area (Å²) in [5.41, 5.74) is 1.67. The highest BCUT2D eigenvalue weighted by Crippen LogP contribution is 2.43. The zero-order valence-electron chi connectivity index (χ0n) is 11.2. The van der Waals surface area contributed by atoms with Crippen molar-refractivity contribution >= 4 is 12.4 Å². The van der Waals surface area contributed by atoms with Crippen molar-refractivity contribution in [1.29, 1.82) is 0 Å². The number of methoxy groups -OCH3 is 1. The predicted octanol–water partition coefficient (Wildman–Crippen LogP) is 4.51. The molecule has 2 N–H and O–H groups in total. The van der Waals surface area contributed by atoms with Crippen molar-refractivity contribution in [2.24, 2.45) is 5.73 Å². The Hall–Kier alpha value is -1.22. The third kappa shape index (κ3) is 4.64. The molecule has 2 nitrogen and oxygen atoms in total. The number of benzene rings is 1. The summed E-state index contributed by atoms with van der Waals surface area (Å²) < 4.78 is 93.7. The first-order chi connectivity index (χ1) is 9.52. The molecule has 0 aliphatic carbocycles. The maximum Gasteiger partial charge on any atom is 0.416 e. The number of alkyl halides is 7. The first-order valence-corrected chi connectivity index (χ1v) is 5.70. The summed E-state index contributed by atoms with van der Waals surface area (Å²) in [6.07, 6.45) is -10.5. The third-order valence-electron chi connectivity index (χ3n) is 2.79. The van der Waals surface area contributed by atoms with Crippen molar-refractivity contribution in [3.63, 3.8) is 0 Å². The molecule has 0 aliphatic rings. The van der Waals surface area contributed by atoms with Gasteiger partial charge in [0.1, 0.15) is 5.75 Å². The minimum atomic E-state index is -5.07. The van der Waals surface area contributed by atoms with Crippen molar-refractivity contribution in [2.75, 3.05) is 13.8 Å². The Labute approximate surface area is 127 Å². The Morgan fingerprint density at radius 2 is 1.64 bits per heavy atom. The smallest absolute Gasteiger partial charge is 0.416 e. The number of halogens is 8. The van der Waals surface area contributed by atoms with E-state index in [9.17, 15) is 30.7 Å². The van der Waals surface area contributed by atoms with Crippen LogP contribution in [0.5, 0.6) is 5.75 Å². The van der Waals surface area contributed by atoms with Gasteiger partial charge >= 0.3 is 12.4 Å². The van der Waals surface area contributed by atoms with Crippen LogP contribution in [0.3, 0.4) is 0 Å². The van der Waals surface area contributed by atoms with Gasteiger partial charge in [0.15, 0.2) is 0 Å². The zero-order chi connectivity index (χ0) is 16.4. The summed E-state index contributed by atoms with van der Waals surface area (Å²) in [7, 11) is 0.918. The molecule has 128 valence electrons. The lowest BCUT2D eigenvalue weighted by molar-refractivity contribution is -0.143. The lowest BCUT2D eigenvalue weighted by Crippen LogP contribution is -2.21. The van der Waals surface area contributed by atoms with Gasteiger partial charge in [-0.05, 0) is 18.6 Å². The second kappa shape index (κ2) is 7.36. The van der Waals surface area contributed by atoms with E-state index in [0.717, 1.165) is 7.11 Å². The maximum atomic E-state index is 13.0. The predicted molar refractivity (Wildman–Crippen MR) is 67.8 cm³/mol. The molecule has 10 heteroatoms. The number of ether oxygens (including phenoxy) is 1. The van der Waals surface area contributed by atoms with Crippen LogP contribution in [0, 0.1) is 0 Å². The first kappa shape index (κ1) is 20.8. The Morgan fingerprint density at radius 1 is 1.09 bits per heavy atom. The molecule has 0 aromatic heterocycles. The molecular formula is C12H13ClF7NO. The van der Waals surface area contributed by atoms with Crippen molar-refractivity contribution < 1.29 is 35.5 Å². The molecule has 0 amide bonds. The van der Waals surface area contributed by atoms with E-state index in [2.05, 4.69) is 4.74 Å². The van der Waals surface area contributed by atoms with Crippen LogP contribution in [0.25, 0.3) is 0 Å². The average molecular weight is 356 g/mol. The quantitative estimate of drug-likeness (QED) is 0.806. The monoisotopic (exact) mass is 355 g/mol. The van der Waals surface area contributed by atoms with Crippen LogP contribution in [0.15, 0.2) is 12.1 Å². The molecule has 1 atom stereocenters. The Kier molecular flexibility index (Phi) is 6.96. The number of hydrogen-bond acceptors (Lipinski definition) is 2. The van der Waals surface area contributed by atoms with Gasteiger partial charge in [0.05, 0.1) is 24.9 Å². The molecular weight excluding hydrogens is 343 g/mol. The van der Waals surface area contributed by atoms with E-state index in [1.807, 2.05) is 0 Å². The summed E-state index contributed by atoms with van der Waals surface area (Å²) in [5, 5.41) is 0. The summed E-state index contributed by atoms with van der Waals surface area (Å²) in [6, 6.07) is -1.05. The molecule has 0 radical (unpaired) electrons. The third-order valence-corrected chi connectivity index (χ3v) is 2.79. The van der Waals surface area contributed by atoms with Gasteiger partial charge in [-0.25, -0.2) is 0 Å². The molecule has 0 saturated heterocycles. The molecule has 0 spiro atoms. The van der Waals surface area contributed by atoms with E-state index < -0.39 is 53.9 Å². The van der Waals surface area contributed by atoms with E-state index in [1.54, 1.807) is 0 Å². The van der Waals surface area contributed by atoms with Crippen LogP contribution >= 0.6 is 12.4 Å². The van der Waals surface area contributed by atoms with Gasteiger partial charge in [-0.15, -0.1) is 12.4 Å². The summed E-state index contributed by atoms with van der Waals surface area (Å²) in [4.78, 5) is 0. The summed E-state index contributed by atoms with van der Waals surface area (Å²) in [5.74, 6) is -0.668. The van der Waals surface area contributed by atoms with Crippen LogP contribution < -0.4 is 10.5 Å². The van der Waals surface area contributed by atoms with E-state index in [1.165, 1.54) is 0 Å². The van der Waals surface area contributed by atoms with Crippen molar-refractivity contribution in [3.8, 4) is 5.75 Å². The highest BCUT2D eigenvalue weighted by atomic mass is 35.5. The fourth-order valence-corrected chi connectivity index (χ4v) is 1.84. The van der Waals surface area contributed by atoms with Crippen molar-refractivity contribution in [2.45, 2.75) is 24.8 Å². The average Bonchev–Trinajstić information content (AvgIpc) is 2.35. The van der Waals surface area contributed by atoms with Gasteiger partial charge in [-0.1, -0.05) is 0 Å². The number of hydrogen-bond donors (Lipinski definition) is 1. The lowest BCUT2D eigenvalue weighted by Gasteiger charge is -2.22. The highest BCUT2D eigenvalue weighted by Gasteiger charge is 2.41. The zero-order valence-corrected chi connectivity index (χ0v) is 12.0. The topological polar surface area (TPSA) is 35.2 Å². The van der Waals surface area contributed by atoms with Gasteiger partial charge in [-0.2, -0.15) is 26.3 Å². The molecule has 0 bridgehead atoms. The van der Waals surface area contributed by atoms with Gasteiger partial charge in [0.25, 0.3) is 0 Å². The molecule has 0 unspecified atom stereocenters. The van der Waals surface area contributed by atoms with E-state index in [0.29, 0.717) is 6.07 Å². The van der Waals surface area contributed by atoms with E-state index >= 15 is 0 Å². The standard InChI is InChI=1S/C12H12F7NO.ClH/c1-21-9-5-6(11(14,15)16)4-7(12(17,18)19)10(9)8(20)2-3-13;/h4-5,8H,2-3,20H2,1H3;1H/t8-;/m0./s1. The van der Waals surface area contributed by atoms with E-state index in [4.69, 9.17) is 5.73 Å². The molecule has 0 saturated carbocycles. The van der Waals surface area contributed by atoms with Gasteiger partial charge in [0, 0.05) is 11.6 Å². The minimum Gasteiger partial charge on any atom is -0.496 e. The number of rotatable bonds is 4. The molecule has 1 rings (SSSR count). The van der Waals surface area contributed by atoms with Gasteiger partial charge in [0.2, 0.25) is 0 Å². The van der Waals surface area contributed by atoms with Crippen LogP contribution in [0.1, 0.15) is 29.2 Å². The fourth-order valence-electron chi connectivity index (χ4n) is 1.84. The molecule has 1 aromatic carbocycles. The van der Waals surface area contributed by atoms with Gasteiger partial charge in [-0.3, -0.25) is 4.39 Å². The molecule has 0 heterocycles. The Bertz CT molecular complexity index is 501. The molecule has 0 aliphatic heterocycles. The summed E-state index contributed by atoms with van der Waals surface area (Å²) >= 11 is 0. The van der Waals surface area contributed by atoms with Crippen LogP contribution in [0.4, 0.5) is 30.7 Å².